The summed E-state index contributed by atoms with van der Waals surface area (Å²) in [4.78, 5) is 10.4. The fraction of sp³-hybridized carbons (Fsp3) is 0.0938. The number of aromatic hydroxyl groups is 1. The molecule has 0 aromatic heterocycles. The summed E-state index contributed by atoms with van der Waals surface area (Å²) in [7, 11) is -21.1. The average Bonchev–Trinajstić information content (AvgIpc) is 3.08. The molecule has 0 radical (unpaired) electrons. The molecular weight excluding hydrogens is 892 g/mol. The van der Waals surface area contributed by atoms with E-state index in [9.17, 15) is 52.0 Å². The van der Waals surface area contributed by atoms with E-state index in [1.54, 1.807) is 0 Å². The number of sulfone groups is 1. The fourth-order valence-electron chi connectivity index (χ4n) is 4.64. The first-order valence-corrected chi connectivity index (χ1v) is 23.5. The molecule has 0 unspecified atom stereocenters. The molecule has 0 aliphatic heterocycles. The van der Waals surface area contributed by atoms with Crippen molar-refractivity contribution < 1.29 is 70.2 Å². The summed E-state index contributed by atoms with van der Waals surface area (Å²) in [5.74, 6) is -1.40. The number of halogens is 1. The molecule has 5 rings (SSSR count). The summed E-state index contributed by atoms with van der Waals surface area (Å²) in [6.07, 6.45) is 0. The van der Waals surface area contributed by atoms with E-state index < -0.39 is 76.7 Å². The highest BCUT2D eigenvalue weighted by Crippen LogP contribution is 2.35. The van der Waals surface area contributed by atoms with Crippen LogP contribution in [0.25, 0.3) is 10.8 Å². The first kappa shape index (κ1) is 47.3. The number of fused-ring (bicyclic) bond motifs is 1. The van der Waals surface area contributed by atoms with Gasteiger partial charge in [0.15, 0.2) is 9.84 Å². The molecule has 0 aliphatic carbocycles. The zero-order valence-electron chi connectivity index (χ0n) is 29.2. The molecule has 58 heavy (non-hydrogen) atoms. The minimum absolute atomic E-state index is 0.00444. The van der Waals surface area contributed by atoms with Gasteiger partial charge in [0.25, 0.3) is 46.4 Å². The molecule has 5 aromatic carbocycles. The number of rotatable bonds is 10. The zero-order valence-corrected chi connectivity index (χ0v) is 34.0. The quantitative estimate of drug-likeness (QED) is 0.0552. The Hall–Kier alpha value is -5.09. The van der Waals surface area contributed by atoms with Gasteiger partial charge in [-0.2, -0.15) is 33.7 Å². The number of benzene rings is 5. The number of nitrogens with two attached hydrogens (primary N) is 3. The van der Waals surface area contributed by atoms with E-state index >= 15 is 0 Å². The number of phenolic OH excluding ortho intramolecular Hbond substituents is 1. The van der Waals surface area contributed by atoms with E-state index in [0.717, 1.165) is 30.3 Å². The van der Waals surface area contributed by atoms with Gasteiger partial charge in [-0.3, -0.25) is 23.0 Å². The fourth-order valence-corrected chi connectivity index (χ4v) is 8.64. The largest absolute Gasteiger partial charge is 0.507 e. The van der Waals surface area contributed by atoms with Gasteiger partial charge in [-0.05, 0) is 83.7 Å². The van der Waals surface area contributed by atoms with Crippen LogP contribution in [0.15, 0.2) is 111 Å². The predicted molar refractivity (Wildman–Crippen MR) is 214 cm³/mol. The maximum Gasteiger partial charge on any atom is 0.296 e. The van der Waals surface area contributed by atoms with E-state index in [-0.39, 0.29) is 55.7 Å². The summed E-state index contributed by atoms with van der Waals surface area (Å²) < 4.78 is 147. The minimum atomic E-state index is -4.59. The van der Waals surface area contributed by atoms with E-state index in [0.29, 0.717) is 11.3 Å². The number of alkyl halides is 1. The van der Waals surface area contributed by atoms with E-state index in [2.05, 4.69) is 5.32 Å². The van der Waals surface area contributed by atoms with Crippen LogP contribution in [0.3, 0.4) is 0 Å². The first-order chi connectivity index (χ1) is 26.5. The molecule has 0 bridgehead atoms. The van der Waals surface area contributed by atoms with Crippen molar-refractivity contribution in [1.29, 1.82) is 0 Å². The molecule has 1 amide bonds. The highest BCUT2D eigenvalue weighted by molar-refractivity contribution is 7.90. The lowest BCUT2D eigenvalue weighted by Crippen LogP contribution is -2.14. The van der Waals surface area contributed by atoms with Crippen LogP contribution in [0, 0.1) is 0 Å². The van der Waals surface area contributed by atoms with Crippen molar-refractivity contribution in [1.82, 2.24) is 0 Å². The van der Waals surface area contributed by atoms with Crippen molar-refractivity contribution in [2.24, 2.45) is 0 Å². The molecule has 0 heterocycles. The molecule has 26 heteroatoms. The van der Waals surface area contributed by atoms with Gasteiger partial charge < -0.3 is 27.6 Å². The number of phenols is 1. The van der Waals surface area contributed by atoms with Gasteiger partial charge in [0.05, 0.1) is 31.9 Å². The molecular formula is C32H33ClN4O16S5. The molecule has 5 aromatic rings. The lowest BCUT2D eigenvalue weighted by molar-refractivity contribution is 0.102. The summed E-state index contributed by atoms with van der Waals surface area (Å²) in [6.45, 7) is 0. The van der Waals surface area contributed by atoms with Crippen molar-refractivity contribution in [3.63, 3.8) is 0 Å². The molecule has 12 N–H and O–H groups in total. The normalized spacial score (nSPS) is 12.1. The SMILES string of the molecule is Nc1cc(S(=O)(=O)O)cc2cc(S(=O)(=O)O)cc(O)c12.Nc1ccc(NC(=O)c2ccc(CS(=O)(=O)CCCl)cc2)cc1S(=O)(=O)O.Nc1ccc(S(=O)(=O)O)cc1. The van der Waals surface area contributed by atoms with Crippen molar-refractivity contribution in [3.05, 3.63) is 102 Å². The van der Waals surface area contributed by atoms with Gasteiger partial charge in [-0.15, -0.1) is 11.6 Å². The standard InChI is InChI=1S/C16H17ClN2O6S2.C10H9NO7S2.C6H7NO3S/c17-7-8-26(21,22)10-11-1-3-12(4-2-11)16(20)19-13-5-6-14(18)15(9-13)27(23,24)25;11-8-3-6(19(13,14)15)1-5-2-7(20(16,17)18)4-9(12)10(5)8;7-5-1-3-6(4-2-5)11(8,9)10/h1-6,9H,7-8,10,18H2,(H,19,20)(H,23,24,25);1-4,12H,11H2,(H,13,14,15)(H,16,17,18);1-4H,7H2,(H,8,9,10). The number of carbonyl (C=O) groups is 1. The molecule has 0 saturated carbocycles. The maximum atomic E-state index is 12.3. The van der Waals surface area contributed by atoms with Crippen molar-refractivity contribution >= 4 is 101 Å². The predicted octanol–water partition coefficient (Wildman–Crippen LogP) is 3.06. The molecule has 0 fully saturated rings. The van der Waals surface area contributed by atoms with Crippen LogP contribution >= 0.6 is 11.6 Å². The molecule has 0 aliphatic rings. The average molecular weight is 925 g/mol. The van der Waals surface area contributed by atoms with Gasteiger partial charge >= 0.3 is 0 Å². The Balaban J connectivity index is 0.000000253. The number of hydrogen-bond donors (Lipinski definition) is 9. The van der Waals surface area contributed by atoms with Crippen LogP contribution in [-0.4, -0.2) is 82.9 Å². The number of nitrogen functional groups attached to an aromatic ring is 3. The number of hydrogen-bond acceptors (Lipinski definition) is 15. The Labute approximate surface area is 337 Å². The third-order valence-corrected chi connectivity index (χ3v) is 12.8. The Morgan fingerprint density at radius 2 is 1.12 bits per heavy atom. The molecule has 0 spiro atoms. The lowest BCUT2D eigenvalue weighted by atomic mass is 10.1. The van der Waals surface area contributed by atoms with Gasteiger partial charge in [0.1, 0.15) is 10.6 Å². The van der Waals surface area contributed by atoms with Crippen LogP contribution in [0.5, 0.6) is 5.75 Å². The van der Waals surface area contributed by atoms with E-state index in [1.165, 1.54) is 60.7 Å². The van der Waals surface area contributed by atoms with Gasteiger partial charge in [0, 0.05) is 40.0 Å². The summed E-state index contributed by atoms with van der Waals surface area (Å²) >= 11 is 5.45. The minimum Gasteiger partial charge on any atom is -0.507 e. The lowest BCUT2D eigenvalue weighted by Gasteiger charge is -2.09. The number of amides is 1. The Kier molecular flexibility index (Phi) is 14.9. The smallest absolute Gasteiger partial charge is 0.296 e. The third-order valence-electron chi connectivity index (χ3n) is 7.32. The maximum absolute atomic E-state index is 12.3. The van der Waals surface area contributed by atoms with Crippen molar-refractivity contribution in [3.8, 4) is 5.75 Å². The van der Waals surface area contributed by atoms with Gasteiger partial charge in [-0.25, -0.2) is 8.42 Å². The van der Waals surface area contributed by atoms with Gasteiger partial charge in [0.2, 0.25) is 0 Å². The highest BCUT2D eigenvalue weighted by Gasteiger charge is 2.19. The Morgan fingerprint density at radius 1 is 0.603 bits per heavy atom. The van der Waals surface area contributed by atoms with Gasteiger partial charge in [-0.1, -0.05) is 12.1 Å². The second-order valence-corrected chi connectivity index (χ2v) is 19.9. The zero-order chi connectivity index (χ0) is 44.0. The topological polar surface area (TPSA) is 379 Å². The van der Waals surface area contributed by atoms with Crippen molar-refractivity contribution in [2.75, 3.05) is 34.2 Å². The number of nitrogens with one attached hydrogen (secondary N) is 1. The molecule has 314 valence electrons. The first-order valence-electron chi connectivity index (χ1n) is 15.4. The summed E-state index contributed by atoms with van der Waals surface area (Å²) in [5.41, 5.74) is 17.4. The number of anilines is 4. The summed E-state index contributed by atoms with van der Waals surface area (Å²) in [6, 6.07) is 18.4. The van der Waals surface area contributed by atoms with Crippen molar-refractivity contribution in [2.45, 2.75) is 25.3 Å². The van der Waals surface area contributed by atoms with Crippen LogP contribution in [0.2, 0.25) is 0 Å². The van der Waals surface area contributed by atoms with Crippen LogP contribution in [0.1, 0.15) is 15.9 Å². The molecule has 20 nitrogen and oxygen atoms in total. The highest BCUT2D eigenvalue weighted by atomic mass is 35.5. The molecule has 0 atom stereocenters. The van der Waals surface area contributed by atoms with Crippen LogP contribution in [0.4, 0.5) is 22.7 Å². The second kappa shape index (κ2) is 18.2. The summed E-state index contributed by atoms with van der Waals surface area (Å²) in [5, 5.41) is 12.1. The van der Waals surface area contributed by atoms with E-state index in [1.807, 2.05) is 0 Å². The Bertz CT molecular complexity index is 2840. The third kappa shape index (κ3) is 13.5. The molecule has 0 saturated heterocycles. The Morgan fingerprint density at radius 3 is 1.60 bits per heavy atom. The van der Waals surface area contributed by atoms with Crippen LogP contribution in [-0.2, 0) is 56.1 Å². The monoisotopic (exact) mass is 924 g/mol. The second-order valence-electron chi connectivity index (χ2n) is 11.7. The van der Waals surface area contributed by atoms with Crippen LogP contribution < -0.4 is 22.5 Å². The number of carbonyl (C=O) groups excluding carboxylic acids is 1. The van der Waals surface area contributed by atoms with E-state index in [4.69, 9.17) is 47.0 Å².